The molecule has 2 aromatic rings. The van der Waals surface area contributed by atoms with Crippen molar-refractivity contribution in [3.63, 3.8) is 0 Å². The fourth-order valence-electron chi connectivity index (χ4n) is 3.19. The minimum Gasteiger partial charge on any atom is -0.348 e. The molecule has 1 aliphatic heterocycles. The number of hydrogen-bond donors (Lipinski definition) is 2. The van der Waals surface area contributed by atoms with Crippen molar-refractivity contribution in [3.05, 3.63) is 68.1 Å². The standard InChI is InChI=1S/C20H18BrCl2N3O3/c1-11(12-7-8-15(22)16(23)9-12)24-17(27)10-26-18(28)20(2,25-19(26)29)13-5-3-4-6-14(13)21/h3-9,11H,10H2,1-2H3,(H,24,27)(H,25,29). The van der Waals surface area contributed by atoms with Gasteiger partial charge in [0.05, 0.1) is 16.1 Å². The Bertz CT molecular complexity index is 1000. The maximum atomic E-state index is 13.0. The lowest BCUT2D eigenvalue weighted by molar-refractivity contribution is -0.135. The molecule has 6 nitrogen and oxygen atoms in total. The van der Waals surface area contributed by atoms with E-state index in [1.54, 1.807) is 50.2 Å². The van der Waals surface area contributed by atoms with E-state index in [1.165, 1.54) is 0 Å². The van der Waals surface area contributed by atoms with E-state index < -0.39 is 29.9 Å². The molecule has 2 unspecified atom stereocenters. The summed E-state index contributed by atoms with van der Waals surface area (Å²) in [6, 6.07) is 11.2. The second-order valence-electron chi connectivity index (χ2n) is 6.89. The fourth-order valence-corrected chi connectivity index (χ4v) is 4.17. The number of hydrogen-bond acceptors (Lipinski definition) is 3. The molecular weight excluding hydrogens is 481 g/mol. The maximum Gasteiger partial charge on any atom is 0.325 e. The molecule has 0 aliphatic carbocycles. The molecule has 2 aromatic carbocycles. The number of amides is 4. The topological polar surface area (TPSA) is 78.5 Å². The van der Waals surface area contributed by atoms with Gasteiger partial charge >= 0.3 is 6.03 Å². The Morgan fingerprint density at radius 2 is 1.90 bits per heavy atom. The van der Waals surface area contributed by atoms with Crippen molar-refractivity contribution >= 4 is 57.0 Å². The summed E-state index contributed by atoms with van der Waals surface area (Å²) in [5.41, 5.74) is 0.112. The number of carbonyl (C=O) groups is 3. The summed E-state index contributed by atoms with van der Waals surface area (Å²) >= 11 is 15.3. The number of nitrogens with one attached hydrogen (secondary N) is 2. The number of benzene rings is 2. The van der Waals surface area contributed by atoms with Crippen molar-refractivity contribution in [2.45, 2.75) is 25.4 Å². The van der Waals surface area contributed by atoms with Gasteiger partial charge in [-0.3, -0.25) is 14.5 Å². The second kappa shape index (κ2) is 8.34. The van der Waals surface area contributed by atoms with Gasteiger partial charge in [-0.2, -0.15) is 0 Å². The van der Waals surface area contributed by atoms with E-state index in [9.17, 15) is 14.4 Å². The molecular formula is C20H18BrCl2N3O3. The summed E-state index contributed by atoms with van der Waals surface area (Å²) in [6.07, 6.45) is 0. The molecule has 0 bridgehead atoms. The monoisotopic (exact) mass is 497 g/mol. The lowest BCUT2D eigenvalue weighted by Crippen LogP contribution is -2.43. The summed E-state index contributed by atoms with van der Waals surface area (Å²) < 4.78 is 0.690. The van der Waals surface area contributed by atoms with E-state index in [-0.39, 0.29) is 6.04 Å². The summed E-state index contributed by atoms with van der Waals surface area (Å²) in [6.45, 7) is 2.99. The Hall–Kier alpha value is -2.09. The normalized spacial score (nSPS) is 19.8. The zero-order chi connectivity index (χ0) is 21.3. The second-order valence-corrected chi connectivity index (χ2v) is 8.56. The van der Waals surface area contributed by atoms with Crippen molar-refractivity contribution in [2.75, 3.05) is 6.54 Å². The predicted molar refractivity (Wildman–Crippen MR) is 115 cm³/mol. The van der Waals surface area contributed by atoms with Gasteiger partial charge in [0.2, 0.25) is 5.91 Å². The molecule has 2 atom stereocenters. The lowest BCUT2D eigenvalue weighted by atomic mass is 9.92. The van der Waals surface area contributed by atoms with Gasteiger partial charge < -0.3 is 10.6 Å². The molecule has 1 aliphatic rings. The van der Waals surface area contributed by atoms with Crippen LogP contribution in [0.5, 0.6) is 0 Å². The van der Waals surface area contributed by atoms with Crippen LogP contribution in [-0.4, -0.2) is 29.3 Å². The van der Waals surface area contributed by atoms with Gasteiger partial charge in [0.25, 0.3) is 5.91 Å². The molecule has 2 N–H and O–H groups in total. The molecule has 4 amide bonds. The van der Waals surface area contributed by atoms with Crippen LogP contribution in [-0.2, 0) is 15.1 Å². The predicted octanol–water partition coefficient (Wildman–Crippen LogP) is 4.40. The van der Waals surface area contributed by atoms with Gasteiger partial charge in [-0.05, 0) is 37.6 Å². The summed E-state index contributed by atoms with van der Waals surface area (Å²) in [7, 11) is 0. The number of carbonyl (C=O) groups excluding carboxylic acids is 3. The van der Waals surface area contributed by atoms with E-state index in [1.807, 2.05) is 6.07 Å². The molecule has 1 heterocycles. The van der Waals surface area contributed by atoms with Crippen molar-refractivity contribution in [2.24, 2.45) is 0 Å². The average Bonchev–Trinajstić information content (AvgIpc) is 2.88. The maximum absolute atomic E-state index is 13.0. The molecule has 0 aromatic heterocycles. The molecule has 0 spiro atoms. The van der Waals surface area contributed by atoms with Crippen LogP contribution in [0, 0.1) is 0 Å². The largest absolute Gasteiger partial charge is 0.348 e. The Morgan fingerprint density at radius 3 is 2.55 bits per heavy atom. The highest BCUT2D eigenvalue weighted by Gasteiger charge is 2.50. The Morgan fingerprint density at radius 1 is 1.21 bits per heavy atom. The molecule has 3 rings (SSSR count). The van der Waals surface area contributed by atoms with E-state index in [4.69, 9.17) is 23.2 Å². The Kier molecular flexibility index (Phi) is 6.22. The summed E-state index contributed by atoms with van der Waals surface area (Å²) in [4.78, 5) is 38.8. The van der Waals surface area contributed by atoms with E-state index in [2.05, 4.69) is 26.6 Å². The van der Waals surface area contributed by atoms with Gasteiger partial charge in [0, 0.05) is 10.0 Å². The van der Waals surface area contributed by atoms with Crippen molar-refractivity contribution < 1.29 is 14.4 Å². The fraction of sp³-hybridized carbons (Fsp3) is 0.250. The molecule has 1 saturated heterocycles. The van der Waals surface area contributed by atoms with E-state index in [0.29, 0.717) is 20.1 Å². The number of urea groups is 1. The van der Waals surface area contributed by atoms with Crippen LogP contribution in [0.2, 0.25) is 10.0 Å². The highest BCUT2D eigenvalue weighted by atomic mass is 79.9. The summed E-state index contributed by atoms with van der Waals surface area (Å²) in [5.74, 6) is -0.963. The smallest absolute Gasteiger partial charge is 0.325 e. The third kappa shape index (κ3) is 4.27. The highest BCUT2D eigenvalue weighted by molar-refractivity contribution is 9.10. The highest BCUT2D eigenvalue weighted by Crippen LogP contribution is 2.33. The van der Waals surface area contributed by atoms with Crippen LogP contribution < -0.4 is 10.6 Å². The minimum atomic E-state index is -1.26. The zero-order valence-electron chi connectivity index (χ0n) is 15.6. The number of imide groups is 1. The first-order chi connectivity index (χ1) is 13.6. The number of nitrogens with zero attached hydrogens (tertiary/aromatic N) is 1. The van der Waals surface area contributed by atoms with Crippen LogP contribution in [0.25, 0.3) is 0 Å². The average molecular weight is 499 g/mol. The van der Waals surface area contributed by atoms with Crippen LogP contribution >= 0.6 is 39.1 Å². The van der Waals surface area contributed by atoms with Gasteiger partial charge in [-0.15, -0.1) is 0 Å². The van der Waals surface area contributed by atoms with Crippen LogP contribution in [0.15, 0.2) is 46.9 Å². The van der Waals surface area contributed by atoms with Crippen molar-refractivity contribution in [3.8, 4) is 0 Å². The third-order valence-electron chi connectivity index (χ3n) is 4.81. The first-order valence-corrected chi connectivity index (χ1v) is 10.3. The van der Waals surface area contributed by atoms with Crippen molar-refractivity contribution in [1.29, 1.82) is 0 Å². The third-order valence-corrected chi connectivity index (χ3v) is 6.24. The lowest BCUT2D eigenvalue weighted by Gasteiger charge is -2.23. The summed E-state index contributed by atoms with van der Waals surface area (Å²) in [5, 5.41) is 6.25. The first-order valence-electron chi connectivity index (χ1n) is 8.77. The number of halogens is 3. The molecule has 0 saturated carbocycles. The molecule has 1 fully saturated rings. The molecule has 152 valence electrons. The van der Waals surface area contributed by atoms with Crippen LogP contribution in [0.3, 0.4) is 0 Å². The van der Waals surface area contributed by atoms with E-state index >= 15 is 0 Å². The molecule has 29 heavy (non-hydrogen) atoms. The zero-order valence-corrected chi connectivity index (χ0v) is 18.7. The first kappa shape index (κ1) is 21.6. The SMILES string of the molecule is CC(NC(=O)CN1C(=O)NC(C)(c2ccccc2Br)C1=O)c1ccc(Cl)c(Cl)c1. The molecule has 0 radical (unpaired) electrons. The quantitative estimate of drug-likeness (QED) is 0.599. The van der Waals surface area contributed by atoms with Crippen LogP contribution in [0.4, 0.5) is 4.79 Å². The Labute approximate surface area is 186 Å². The van der Waals surface area contributed by atoms with Crippen molar-refractivity contribution in [1.82, 2.24) is 15.5 Å². The van der Waals surface area contributed by atoms with Gasteiger partial charge in [0.15, 0.2) is 0 Å². The number of rotatable bonds is 5. The van der Waals surface area contributed by atoms with Crippen LogP contribution in [0.1, 0.15) is 31.0 Å². The van der Waals surface area contributed by atoms with E-state index in [0.717, 1.165) is 10.5 Å². The van der Waals surface area contributed by atoms with Gasteiger partial charge in [0.1, 0.15) is 12.1 Å². The minimum absolute atomic E-state index is 0.378. The van der Waals surface area contributed by atoms with Gasteiger partial charge in [-0.25, -0.2) is 4.79 Å². The molecule has 9 heteroatoms. The van der Waals surface area contributed by atoms with Gasteiger partial charge in [-0.1, -0.05) is 63.4 Å². The Balaban J connectivity index is 1.72.